The summed E-state index contributed by atoms with van der Waals surface area (Å²) in [5.41, 5.74) is 4.42. The van der Waals surface area contributed by atoms with Gasteiger partial charge in [0.2, 0.25) is 0 Å². The van der Waals surface area contributed by atoms with Crippen molar-refractivity contribution < 1.29 is 0 Å². The van der Waals surface area contributed by atoms with Gasteiger partial charge in [-0.3, -0.25) is 0 Å². The molecule has 0 aliphatic carbocycles. The van der Waals surface area contributed by atoms with Gasteiger partial charge in [-0.2, -0.15) is 0 Å². The first-order valence-corrected chi connectivity index (χ1v) is 6.70. The zero-order valence-corrected chi connectivity index (χ0v) is 11.5. The second-order valence-corrected chi connectivity index (χ2v) is 5.23. The minimum absolute atomic E-state index is 0.543. The Morgan fingerprint density at radius 3 is 2.88 bits per heavy atom. The lowest BCUT2D eigenvalue weighted by Gasteiger charge is -2.18. The first-order chi connectivity index (χ1) is 8.15. The number of rotatable bonds is 4. The number of hydrogen-bond donors (Lipinski definition) is 1. The third-order valence-corrected chi connectivity index (χ3v) is 3.88. The van der Waals surface area contributed by atoms with Crippen molar-refractivity contribution in [2.45, 2.75) is 39.2 Å². The molecule has 1 N–H and O–H groups in total. The minimum atomic E-state index is 0.543. The lowest BCUT2D eigenvalue weighted by Crippen LogP contribution is -2.24. The lowest BCUT2D eigenvalue weighted by atomic mass is 9.99. The Balaban J connectivity index is 2.24. The molecule has 1 aromatic rings. The number of nitrogens with one attached hydrogen (secondary N) is 1. The fourth-order valence-electron chi connectivity index (χ4n) is 2.69. The van der Waals surface area contributed by atoms with Crippen LogP contribution in [0.5, 0.6) is 0 Å². The van der Waals surface area contributed by atoms with Gasteiger partial charge in [0.1, 0.15) is 0 Å². The molecule has 1 aliphatic heterocycles. The molecule has 0 bridgehead atoms. The Bertz CT molecular complexity index is 387. The van der Waals surface area contributed by atoms with Crippen molar-refractivity contribution >= 4 is 5.69 Å². The van der Waals surface area contributed by atoms with Crippen molar-refractivity contribution in [3.63, 3.8) is 0 Å². The summed E-state index contributed by atoms with van der Waals surface area (Å²) in [6, 6.07) is 7.55. The highest BCUT2D eigenvalue weighted by molar-refractivity contribution is 5.61. The third-order valence-electron chi connectivity index (χ3n) is 3.88. The van der Waals surface area contributed by atoms with E-state index >= 15 is 0 Å². The van der Waals surface area contributed by atoms with Gasteiger partial charge in [0.25, 0.3) is 0 Å². The maximum absolute atomic E-state index is 3.30. The zero-order chi connectivity index (χ0) is 12.4. The van der Waals surface area contributed by atoms with E-state index < -0.39 is 0 Å². The number of benzene rings is 1. The van der Waals surface area contributed by atoms with Gasteiger partial charge in [-0.1, -0.05) is 19.1 Å². The number of anilines is 1. The average Bonchev–Trinajstić information content (AvgIpc) is 2.65. The van der Waals surface area contributed by atoms with Crippen molar-refractivity contribution in [2.75, 3.05) is 25.0 Å². The first-order valence-electron chi connectivity index (χ1n) is 6.70. The van der Waals surface area contributed by atoms with Crippen molar-refractivity contribution in [1.82, 2.24) is 5.32 Å². The van der Waals surface area contributed by atoms with E-state index in [0.29, 0.717) is 12.0 Å². The zero-order valence-electron chi connectivity index (χ0n) is 11.5. The molecule has 2 unspecified atom stereocenters. The van der Waals surface area contributed by atoms with Crippen molar-refractivity contribution in [3.8, 4) is 0 Å². The van der Waals surface area contributed by atoms with Gasteiger partial charge in [-0.05, 0) is 44.5 Å². The molecule has 0 spiro atoms. The Hall–Kier alpha value is -1.02. The van der Waals surface area contributed by atoms with Crippen LogP contribution in [0.3, 0.4) is 0 Å². The molecular weight excluding hydrogens is 208 g/mol. The maximum atomic E-state index is 3.30. The molecule has 1 heterocycles. The molecule has 2 heteroatoms. The standard InChI is InChI=1S/C15H24N2/c1-5-17-10-11(2)14-7-6-13(9-15(14)17)8-12(3)16-4/h6-7,9,11-12,16H,5,8,10H2,1-4H3. The van der Waals surface area contributed by atoms with Crippen LogP contribution in [0.15, 0.2) is 18.2 Å². The van der Waals surface area contributed by atoms with Gasteiger partial charge in [0.05, 0.1) is 0 Å². The average molecular weight is 232 g/mol. The predicted octanol–water partition coefficient (Wildman–Crippen LogP) is 2.78. The van der Waals surface area contributed by atoms with Gasteiger partial charge >= 0.3 is 0 Å². The van der Waals surface area contributed by atoms with Crippen LogP contribution in [0.2, 0.25) is 0 Å². The monoisotopic (exact) mass is 232 g/mol. The van der Waals surface area contributed by atoms with Crippen LogP contribution in [-0.2, 0) is 6.42 Å². The maximum Gasteiger partial charge on any atom is 0.0405 e. The molecule has 2 rings (SSSR count). The largest absolute Gasteiger partial charge is 0.371 e. The fourth-order valence-corrected chi connectivity index (χ4v) is 2.69. The summed E-state index contributed by atoms with van der Waals surface area (Å²) in [6.45, 7) is 9.09. The van der Waals surface area contributed by atoms with Crippen LogP contribution in [0.4, 0.5) is 5.69 Å². The molecule has 17 heavy (non-hydrogen) atoms. The number of hydrogen-bond acceptors (Lipinski definition) is 2. The van der Waals surface area contributed by atoms with Crippen LogP contribution in [-0.4, -0.2) is 26.2 Å². The molecule has 94 valence electrons. The molecule has 1 aromatic carbocycles. The van der Waals surface area contributed by atoms with E-state index in [9.17, 15) is 0 Å². The third kappa shape index (κ3) is 2.47. The molecule has 1 aliphatic rings. The summed E-state index contributed by atoms with van der Waals surface area (Å²) in [4.78, 5) is 2.49. The first kappa shape index (κ1) is 12.4. The lowest BCUT2D eigenvalue weighted by molar-refractivity contribution is 0.608. The second-order valence-electron chi connectivity index (χ2n) is 5.23. The van der Waals surface area contributed by atoms with Crippen molar-refractivity contribution in [2.24, 2.45) is 0 Å². The van der Waals surface area contributed by atoms with E-state index in [-0.39, 0.29) is 0 Å². The van der Waals surface area contributed by atoms with Crippen LogP contribution in [0, 0.1) is 0 Å². The molecule has 2 nitrogen and oxygen atoms in total. The van der Waals surface area contributed by atoms with Crippen LogP contribution >= 0.6 is 0 Å². The van der Waals surface area contributed by atoms with Gasteiger partial charge in [0.15, 0.2) is 0 Å². The Morgan fingerprint density at radius 2 is 2.24 bits per heavy atom. The molecule has 0 saturated carbocycles. The summed E-state index contributed by atoms with van der Waals surface area (Å²) in [6.07, 6.45) is 1.11. The summed E-state index contributed by atoms with van der Waals surface area (Å²) in [5.74, 6) is 0.681. The van der Waals surface area contributed by atoms with E-state index in [1.807, 2.05) is 7.05 Å². The van der Waals surface area contributed by atoms with Crippen LogP contribution < -0.4 is 10.2 Å². The van der Waals surface area contributed by atoms with Gasteiger partial charge in [-0.25, -0.2) is 0 Å². The summed E-state index contributed by atoms with van der Waals surface area (Å²) >= 11 is 0. The van der Waals surface area contributed by atoms with E-state index in [2.05, 4.69) is 49.2 Å². The highest BCUT2D eigenvalue weighted by atomic mass is 15.1. The van der Waals surface area contributed by atoms with Crippen LogP contribution in [0.1, 0.15) is 37.8 Å². The molecular formula is C15H24N2. The normalized spacial score (nSPS) is 20.5. The number of likely N-dealkylation sites (N-methyl/N-ethyl adjacent to an activating group) is 2. The van der Waals surface area contributed by atoms with E-state index in [4.69, 9.17) is 0 Å². The highest BCUT2D eigenvalue weighted by Crippen LogP contribution is 2.36. The van der Waals surface area contributed by atoms with Crippen molar-refractivity contribution in [1.29, 1.82) is 0 Å². The van der Waals surface area contributed by atoms with Gasteiger partial charge < -0.3 is 10.2 Å². The summed E-state index contributed by atoms with van der Waals surface area (Å²) in [7, 11) is 2.03. The number of nitrogens with zero attached hydrogens (tertiary/aromatic N) is 1. The molecule has 0 saturated heterocycles. The Morgan fingerprint density at radius 1 is 1.47 bits per heavy atom. The molecule has 0 radical (unpaired) electrons. The SMILES string of the molecule is CCN1CC(C)c2ccc(CC(C)NC)cc21. The molecule has 0 fully saturated rings. The Labute approximate surface area is 105 Å². The summed E-state index contributed by atoms with van der Waals surface area (Å²) < 4.78 is 0. The fraction of sp³-hybridized carbons (Fsp3) is 0.600. The quantitative estimate of drug-likeness (QED) is 0.858. The van der Waals surface area contributed by atoms with E-state index in [1.54, 1.807) is 0 Å². The van der Waals surface area contributed by atoms with E-state index in [1.165, 1.54) is 23.4 Å². The smallest absolute Gasteiger partial charge is 0.0405 e. The molecule has 2 atom stereocenters. The molecule has 0 amide bonds. The molecule has 0 aromatic heterocycles. The predicted molar refractivity (Wildman–Crippen MR) is 75.0 cm³/mol. The minimum Gasteiger partial charge on any atom is -0.371 e. The Kier molecular flexibility index (Phi) is 3.72. The topological polar surface area (TPSA) is 15.3 Å². The van der Waals surface area contributed by atoms with E-state index in [0.717, 1.165) is 13.0 Å². The summed E-state index contributed by atoms with van der Waals surface area (Å²) in [5, 5.41) is 3.30. The number of fused-ring (bicyclic) bond motifs is 1. The van der Waals surface area contributed by atoms with Crippen molar-refractivity contribution in [3.05, 3.63) is 29.3 Å². The van der Waals surface area contributed by atoms with Gasteiger partial charge in [-0.15, -0.1) is 0 Å². The van der Waals surface area contributed by atoms with Crippen LogP contribution in [0.25, 0.3) is 0 Å². The van der Waals surface area contributed by atoms with Gasteiger partial charge in [0, 0.05) is 30.7 Å². The second kappa shape index (κ2) is 5.09. The highest BCUT2D eigenvalue weighted by Gasteiger charge is 2.24.